The van der Waals surface area contributed by atoms with E-state index in [1.165, 1.54) is 36.4 Å². The lowest BCUT2D eigenvalue weighted by Crippen LogP contribution is -2.52. The maximum Gasteiger partial charge on any atom is 0.343 e. The van der Waals surface area contributed by atoms with Gasteiger partial charge in [0.05, 0.1) is 28.0 Å². The van der Waals surface area contributed by atoms with E-state index in [0.29, 0.717) is 18.4 Å². The highest BCUT2D eigenvalue weighted by Crippen LogP contribution is 2.36. The van der Waals surface area contributed by atoms with Crippen LogP contribution in [0.15, 0.2) is 91.0 Å². The molecule has 9 heteroatoms. The van der Waals surface area contributed by atoms with Gasteiger partial charge < -0.3 is 4.74 Å². The topological polar surface area (TPSA) is 101 Å². The predicted molar refractivity (Wildman–Crippen MR) is 142 cm³/mol. The van der Waals surface area contributed by atoms with Crippen LogP contribution in [0.4, 0.5) is 0 Å². The monoisotopic (exact) mass is 542 g/mol. The second-order valence-corrected chi connectivity index (χ2v) is 9.60. The second-order valence-electron chi connectivity index (χ2n) is 9.19. The van der Waals surface area contributed by atoms with E-state index in [2.05, 4.69) is 0 Å². The molecule has 8 nitrogen and oxygen atoms in total. The molecule has 1 heterocycles. The van der Waals surface area contributed by atoms with Crippen LogP contribution >= 0.6 is 11.6 Å². The Hall–Kier alpha value is -4.56. The van der Waals surface area contributed by atoms with E-state index in [1.807, 2.05) is 12.2 Å². The van der Waals surface area contributed by atoms with E-state index in [9.17, 15) is 24.0 Å². The summed E-state index contributed by atoms with van der Waals surface area (Å²) in [7, 11) is 0. The normalized spacial score (nSPS) is 18.0. The molecular weight excluding hydrogens is 520 g/mol. The molecule has 2 aliphatic rings. The first kappa shape index (κ1) is 26.1. The molecule has 1 saturated heterocycles. The van der Waals surface area contributed by atoms with Crippen LogP contribution in [-0.2, 0) is 9.59 Å². The highest BCUT2D eigenvalue weighted by atomic mass is 35.5. The summed E-state index contributed by atoms with van der Waals surface area (Å²) in [5.74, 6) is -3.80. The Morgan fingerprint density at radius 3 is 2.00 bits per heavy atom. The van der Waals surface area contributed by atoms with E-state index in [-0.39, 0.29) is 21.9 Å². The van der Waals surface area contributed by atoms with E-state index in [4.69, 9.17) is 16.3 Å². The number of hydrogen-bond donors (Lipinski definition) is 0. The van der Waals surface area contributed by atoms with Gasteiger partial charge in [-0.3, -0.25) is 19.2 Å². The van der Waals surface area contributed by atoms with E-state index < -0.39 is 47.9 Å². The minimum atomic E-state index is -0.740. The summed E-state index contributed by atoms with van der Waals surface area (Å²) in [5.41, 5.74) is 0.635. The first-order valence-electron chi connectivity index (χ1n) is 12.3. The van der Waals surface area contributed by atoms with Gasteiger partial charge in [-0.2, -0.15) is 5.01 Å². The number of carbonyl (C=O) groups is 5. The Morgan fingerprint density at radius 2 is 1.38 bits per heavy atom. The predicted octanol–water partition coefficient (Wildman–Crippen LogP) is 4.75. The van der Waals surface area contributed by atoms with Gasteiger partial charge in [-0.1, -0.05) is 54.1 Å². The number of imide groups is 1. The molecule has 0 aromatic heterocycles. The number of rotatable bonds is 7. The molecule has 5 rings (SSSR count). The van der Waals surface area contributed by atoms with Crippen molar-refractivity contribution >= 4 is 41.1 Å². The van der Waals surface area contributed by atoms with Crippen molar-refractivity contribution in [2.24, 2.45) is 11.8 Å². The third-order valence-corrected chi connectivity index (χ3v) is 7.08. The zero-order chi connectivity index (χ0) is 27.5. The molecule has 0 radical (unpaired) electrons. The van der Waals surface area contributed by atoms with Crippen molar-refractivity contribution in [3.05, 3.63) is 113 Å². The number of carbonyl (C=O) groups excluding carboxylic acids is 5. The zero-order valence-electron chi connectivity index (χ0n) is 20.7. The summed E-state index contributed by atoms with van der Waals surface area (Å²) in [4.78, 5) is 65.8. The van der Waals surface area contributed by atoms with Crippen molar-refractivity contribution in [1.82, 2.24) is 10.0 Å². The maximum atomic E-state index is 13.6. The van der Waals surface area contributed by atoms with Crippen LogP contribution in [0, 0.1) is 11.8 Å². The molecule has 0 spiro atoms. The number of hydrazine groups is 1. The van der Waals surface area contributed by atoms with Crippen molar-refractivity contribution in [2.45, 2.75) is 12.8 Å². The summed E-state index contributed by atoms with van der Waals surface area (Å²) in [5, 5.41) is 1.82. The Kier molecular flexibility index (Phi) is 7.38. The lowest BCUT2D eigenvalue weighted by Gasteiger charge is -2.30. The van der Waals surface area contributed by atoms with Gasteiger partial charge in [0.25, 0.3) is 17.7 Å². The van der Waals surface area contributed by atoms with Gasteiger partial charge in [0.15, 0.2) is 5.78 Å². The summed E-state index contributed by atoms with van der Waals surface area (Å²) in [6, 6.07) is 20.5. The number of esters is 1. The molecule has 2 atom stereocenters. The summed E-state index contributed by atoms with van der Waals surface area (Å²) in [6.45, 7) is -0.572. The quantitative estimate of drug-likeness (QED) is 0.140. The fourth-order valence-electron chi connectivity index (χ4n) is 4.70. The Bertz CT molecular complexity index is 1460. The Morgan fingerprint density at radius 1 is 0.795 bits per heavy atom. The fraction of sp³-hybridized carbons (Fsp3) is 0.167. The molecule has 0 saturated carbocycles. The number of Topliss-reactive ketones (excluding diaryl/α,β-unsaturated/α-hetero) is 1. The SMILES string of the molecule is O=C(CN(C(=O)c1ccccc1Cl)N1C(=O)[C@H]2CC=CC[C@H]2C1=O)c1ccc(OC(=O)c2ccccc2)cc1. The average molecular weight is 543 g/mol. The molecule has 0 unspecified atom stereocenters. The van der Waals surface area contributed by atoms with E-state index >= 15 is 0 Å². The number of benzene rings is 3. The number of amides is 3. The molecule has 0 bridgehead atoms. The molecule has 1 aliphatic carbocycles. The summed E-state index contributed by atoms with van der Waals surface area (Å²) >= 11 is 6.25. The molecular formula is C30H23ClN2O6. The summed E-state index contributed by atoms with van der Waals surface area (Å²) in [6.07, 6.45) is 4.45. The number of fused-ring (bicyclic) bond motifs is 1. The van der Waals surface area contributed by atoms with E-state index in [1.54, 1.807) is 42.5 Å². The van der Waals surface area contributed by atoms with Crippen LogP contribution in [-0.4, -0.2) is 46.0 Å². The molecule has 3 aromatic carbocycles. The number of allylic oxidation sites excluding steroid dienone is 2. The van der Waals surface area contributed by atoms with Crippen LogP contribution in [0.3, 0.4) is 0 Å². The number of ether oxygens (including phenoxy) is 1. The zero-order valence-corrected chi connectivity index (χ0v) is 21.4. The highest BCUT2D eigenvalue weighted by molar-refractivity contribution is 6.34. The Balaban J connectivity index is 1.38. The van der Waals surface area contributed by atoms with Gasteiger partial charge in [0.2, 0.25) is 0 Å². The van der Waals surface area contributed by atoms with E-state index in [0.717, 1.165) is 10.0 Å². The van der Waals surface area contributed by atoms with Crippen LogP contribution in [0.5, 0.6) is 5.75 Å². The van der Waals surface area contributed by atoms with Crippen LogP contribution in [0.1, 0.15) is 43.9 Å². The molecule has 39 heavy (non-hydrogen) atoms. The number of ketones is 1. The first-order chi connectivity index (χ1) is 18.8. The maximum absolute atomic E-state index is 13.6. The van der Waals surface area contributed by atoms with Crippen molar-refractivity contribution < 1.29 is 28.7 Å². The third-order valence-electron chi connectivity index (χ3n) is 6.75. The minimum Gasteiger partial charge on any atom is -0.423 e. The number of halogens is 1. The lowest BCUT2D eigenvalue weighted by atomic mass is 9.85. The van der Waals surface area contributed by atoms with Gasteiger partial charge >= 0.3 is 5.97 Å². The van der Waals surface area contributed by atoms with Crippen molar-refractivity contribution in [3.8, 4) is 5.75 Å². The van der Waals surface area contributed by atoms with Crippen LogP contribution < -0.4 is 4.74 Å². The molecule has 196 valence electrons. The third kappa shape index (κ3) is 5.24. The van der Waals surface area contributed by atoms with Gasteiger partial charge in [0.1, 0.15) is 12.3 Å². The van der Waals surface area contributed by atoms with Gasteiger partial charge in [-0.15, -0.1) is 0 Å². The number of nitrogens with zero attached hydrogens (tertiary/aromatic N) is 2. The fourth-order valence-corrected chi connectivity index (χ4v) is 4.92. The summed E-state index contributed by atoms with van der Waals surface area (Å²) < 4.78 is 5.36. The highest BCUT2D eigenvalue weighted by Gasteiger charge is 2.51. The standard InChI is InChI=1S/C30H23ClN2O6/c31-25-13-7-6-12-24(25)27(35)32(33-28(36)22-10-4-5-11-23(22)29(33)37)18-26(34)19-14-16-21(17-15-19)39-30(38)20-8-2-1-3-9-20/h1-9,12-17,22-23H,10-11,18H2/t22-,23+. The second kappa shape index (κ2) is 11.0. The molecule has 3 amide bonds. The molecule has 1 aliphatic heterocycles. The largest absolute Gasteiger partial charge is 0.423 e. The number of hydrogen-bond acceptors (Lipinski definition) is 6. The van der Waals surface area contributed by atoms with Crippen LogP contribution in [0.2, 0.25) is 5.02 Å². The molecule has 0 N–H and O–H groups in total. The first-order valence-corrected chi connectivity index (χ1v) is 12.7. The Labute approximate surface area is 229 Å². The lowest BCUT2D eigenvalue weighted by molar-refractivity contribution is -0.154. The average Bonchev–Trinajstić information content (AvgIpc) is 3.21. The van der Waals surface area contributed by atoms with Crippen LogP contribution in [0.25, 0.3) is 0 Å². The minimum absolute atomic E-state index is 0.0590. The van der Waals surface area contributed by atoms with Gasteiger partial charge in [-0.05, 0) is 61.4 Å². The van der Waals surface area contributed by atoms with Gasteiger partial charge in [-0.25, -0.2) is 9.80 Å². The molecule has 3 aromatic rings. The van der Waals surface area contributed by atoms with Crippen molar-refractivity contribution in [3.63, 3.8) is 0 Å². The van der Waals surface area contributed by atoms with Crippen molar-refractivity contribution in [1.29, 1.82) is 0 Å². The smallest absolute Gasteiger partial charge is 0.343 e. The molecule has 1 fully saturated rings. The van der Waals surface area contributed by atoms with Gasteiger partial charge in [0, 0.05) is 5.56 Å². The van der Waals surface area contributed by atoms with Crippen molar-refractivity contribution in [2.75, 3.05) is 6.54 Å².